The Labute approximate surface area is 356 Å². The van der Waals surface area contributed by atoms with E-state index in [1.807, 2.05) is 17.5 Å². The smallest absolute Gasteiger partial charge is 0.407 e. The minimum Gasteiger partial charge on any atom is -0.453 e. The fourth-order valence-corrected chi connectivity index (χ4v) is 9.07. The number of H-pyrrole nitrogens is 2. The first kappa shape index (κ1) is 41.2. The highest BCUT2D eigenvalue weighted by molar-refractivity contribution is 7.10. The number of benzene rings is 3. The van der Waals surface area contributed by atoms with Crippen LogP contribution in [0.25, 0.3) is 44.4 Å². The molecule has 5 heterocycles. The number of thiophene rings is 1. The van der Waals surface area contributed by atoms with Crippen LogP contribution in [0.5, 0.6) is 0 Å². The van der Waals surface area contributed by atoms with E-state index in [-0.39, 0.29) is 23.9 Å². The van der Waals surface area contributed by atoms with Crippen molar-refractivity contribution in [1.29, 1.82) is 0 Å². The van der Waals surface area contributed by atoms with Crippen LogP contribution in [0.15, 0.2) is 90.6 Å². The Kier molecular flexibility index (Phi) is 12.2. The summed E-state index contributed by atoms with van der Waals surface area (Å²) in [5.41, 5.74) is 5.79. The predicted molar refractivity (Wildman–Crippen MR) is 230 cm³/mol. The van der Waals surface area contributed by atoms with Gasteiger partial charge in [0.2, 0.25) is 5.91 Å². The van der Waals surface area contributed by atoms with Crippen molar-refractivity contribution in [3.63, 3.8) is 0 Å². The maximum absolute atomic E-state index is 13.8. The molecule has 4 amide bonds. The number of aromatic amines is 2. The van der Waals surface area contributed by atoms with E-state index in [4.69, 9.17) is 24.2 Å². The van der Waals surface area contributed by atoms with Crippen molar-refractivity contribution >= 4 is 46.1 Å². The third-order valence-corrected chi connectivity index (χ3v) is 12.6. The van der Waals surface area contributed by atoms with E-state index in [2.05, 4.69) is 81.3 Å². The standard InChI is InChI=1S/C45H48N8O7S/c1-26(58-2)38(50-44(56)59-3)42(54)52-19-5-8-35(52)41-47-25-34(49-41)32-18-17-30-22-29(15-16-31(30)23-32)27-11-13-28(14-12-27)33-24-46-40(48-33)36-9-6-20-53(36)43(55)39(51-45(57)60-4)37-10-7-21-61-37/h7,10-18,21-26,35-36,38-39H,5-6,8-9,19-20H2,1-4H3,(H,46,48)(H,47,49)(H,50,56)(H,51,57). The fraction of sp³-hybridized carbons (Fsp3) is 0.333. The molecule has 6 aromatic rings. The molecule has 4 N–H and O–H groups in total. The van der Waals surface area contributed by atoms with Crippen LogP contribution in [-0.2, 0) is 23.8 Å². The minimum atomic E-state index is -0.898. The van der Waals surface area contributed by atoms with Gasteiger partial charge in [-0.3, -0.25) is 9.59 Å². The molecule has 8 rings (SSSR count). The van der Waals surface area contributed by atoms with Crippen LogP contribution in [-0.4, -0.2) is 100 Å². The Bertz CT molecular complexity index is 2520. The van der Waals surface area contributed by atoms with E-state index in [0.717, 1.165) is 75.0 Å². The largest absolute Gasteiger partial charge is 0.453 e. The van der Waals surface area contributed by atoms with Gasteiger partial charge in [0.15, 0.2) is 0 Å². The number of fused-ring (bicyclic) bond motifs is 1. The molecule has 2 saturated heterocycles. The number of hydrogen-bond donors (Lipinski definition) is 4. The molecule has 15 nitrogen and oxygen atoms in total. The van der Waals surface area contributed by atoms with E-state index in [1.54, 1.807) is 29.1 Å². The average molecular weight is 845 g/mol. The Hall–Kier alpha value is -6.52. The van der Waals surface area contributed by atoms with Crippen LogP contribution in [0.1, 0.15) is 67.3 Å². The quantitative estimate of drug-likeness (QED) is 0.0967. The average Bonchev–Trinajstić information content (AvgIpc) is 4.15. The normalized spacial score (nSPS) is 17.8. The van der Waals surface area contributed by atoms with E-state index < -0.39 is 30.4 Å². The second-order valence-electron chi connectivity index (χ2n) is 15.2. The number of methoxy groups -OCH3 is 3. The number of rotatable bonds is 12. The number of nitrogens with one attached hydrogen (secondary N) is 4. The lowest BCUT2D eigenvalue weighted by Gasteiger charge is -2.30. The van der Waals surface area contributed by atoms with Crippen LogP contribution < -0.4 is 10.6 Å². The number of alkyl carbamates (subject to hydrolysis) is 2. The molecule has 3 aromatic heterocycles. The van der Waals surface area contributed by atoms with Crippen molar-refractivity contribution in [3.8, 4) is 33.6 Å². The van der Waals surface area contributed by atoms with Crippen molar-refractivity contribution in [2.24, 2.45) is 0 Å². The maximum Gasteiger partial charge on any atom is 0.407 e. The Morgan fingerprint density at radius 2 is 1.25 bits per heavy atom. The van der Waals surface area contributed by atoms with E-state index in [1.165, 1.54) is 32.7 Å². The number of hydrogen-bond acceptors (Lipinski definition) is 10. The molecular weight excluding hydrogens is 797 g/mol. The second-order valence-corrected chi connectivity index (χ2v) is 16.2. The lowest BCUT2D eigenvalue weighted by Crippen LogP contribution is -2.54. The Balaban J connectivity index is 0.941. The molecule has 2 fully saturated rings. The van der Waals surface area contributed by atoms with Gasteiger partial charge in [0.1, 0.15) is 23.7 Å². The number of nitrogens with zero attached hydrogens (tertiary/aromatic N) is 4. The van der Waals surface area contributed by atoms with E-state index >= 15 is 0 Å². The lowest BCUT2D eigenvalue weighted by atomic mass is 9.98. The summed E-state index contributed by atoms with van der Waals surface area (Å²) in [6.45, 7) is 2.84. The predicted octanol–water partition coefficient (Wildman–Crippen LogP) is 7.53. The number of ether oxygens (including phenoxy) is 3. The molecule has 0 radical (unpaired) electrons. The number of carbonyl (C=O) groups is 4. The number of aromatic nitrogens is 4. The first-order valence-electron chi connectivity index (χ1n) is 20.3. The van der Waals surface area contributed by atoms with Gasteiger partial charge in [-0.1, -0.05) is 54.6 Å². The third kappa shape index (κ3) is 8.59. The van der Waals surface area contributed by atoms with E-state index in [9.17, 15) is 19.2 Å². The highest BCUT2D eigenvalue weighted by atomic mass is 32.1. The minimum absolute atomic E-state index is 0.194. The molecule has 2 aliphatic heterocycles. The van der Waals surface area contributed by atoms with Gasteiger partial charge in [-0.25, -0.2) is 19.6 Å². The summed E-state index contributed by atoms with van der Waals surface area (Å²) in [6, 6.07) is 22.4. The molecule has 16 heteroatoms. The Morgan fingerprint density at radius 1 is 0.705 bits per heavy atom. The summed E-state index contributed by atoms with van der Waals surface area (Å²) < 4.78 is 15.0. The van der Waals surface area contributed by atoms with E-state index in [0.29, 0.717) is 24.7 Å². The van der Waals surface area contributed by atoms with Gasteiger partial charge < -0.3 is 44.6 Å². The van der Waals surface area contributed by atoms with Gasteiger partial charge in [0, 0.05) is 30.6 Å². The zero-order valence-corrected chi connectivity index (χ0v) is 35.2. The van der Waals surface area contributed by atoms with Gasteiger partial charge >= 0.3 is 12.2 Å². The maximum atomic E-state index is 13.8. The zero-order chi connectivity index (χ0) is 42.6. The summed E-state index contributed by atoms with van der Waals surface area (Å²) in [7, 11) is 4.05. The molecule has 61 heavy (non-hydrogen) atoms. The van der Waals surface area contributed by atoms with Gasteiger partial charge in [-0.05, 0) is 83.6 Å². The molecule has 0 bridgehead atoms. The van der Waals surface area contributed by atoms with Crippen molar-refractivity contribution in [2.45, 2.75) is 62.9 Å². The first-order chi connectivity index (χ1) is 29.6. The molecule has 5 atom stereocenters. The van der Waals surface area contributed by atoms with Crippen molar-refractivity contribution in [1.82, 2.24) is 40.4 Å². The fourth-order valence-electron chi connectivity index (χ4n) is 8.30. The van der Waals surface area contributed by atoms with Crippen molar-refractivity contribution in [3.05, 3.63) is 107 Å². The van der Waals surface area contributed by atoms with Gasteiger partial charge in [-0.15, -0.1) is 11.3 Å². The van der Waals surface area contributed by atoms with Crippen molar-refractivity contribution in [2.75, 3.05) is 34.4 Å². The number of amides is 4. The zero-order valence-electron chi connectivity index (χ0n) is 34.3. The molecular formula is C45H48N8O7S. The van der Waals surface area contributed by atoms with Crippen LogP contribution in [0.2, 0.25) is 0 Å². The van der Waals surface area contributed by atoms with Crippen LogP contribution in [0.3, 0.4) is 0 Å². The summed E-state index contributed by atoms with van der Waals surface area (Å²) in [5.74, 6) is 0.959. The summed E-state index contributed by atoms with van der Waals surface area (Å²) in [4.78, 5) is 72.3. The summed E-state index contributed by atoms with van der Waals surface area (Å²) in [5, 5.41) is 9.38. The highest BCUT2D eigenvalue weighted by Gasteiger charge is 2.39. The van der Waals surface area contributed by atoms with Crippen LogP contribution in [0.4, 0.5) is 9.59 Å². The summed E-state index contributed by atoms with van der Waals surface area (Å²) >= 11 is 1.41. The molecule has 316 valence electrons. The monoisotopic (exact) mass is 844 g/mol. The highest BCUT2D eigenvalue weighted by Crippen LogP contribution is 2.36. The Morgan fingerprint density at radius 3 is 1.84 bits per heavy atom. The second kappa shape index (κ2) is 18.0. The number of imidazole rings is 2. The lowest BCUT2D eigenvalue weighted by molar-refractivity contribution is -0.137. The molecule has 0 saturated carbocycles. The van der Waals surface area contributed by atoms with Gasteiger partial charge in [-0.2, -0.15) is 0 Å². The topological polar surface area (TPSA) is 184 Å². The third-order valence-electron chi connectivity index (χ3n) is 11.7. The SMILES string of the molecule is COC(=O)NC(C(=O)N1CCCC1c1ncc(-c2ccc(-c3ccc4cc(-c5cnc(C6CCCN6C(=O)C(NC(=O)OC)C(C)OC)[nH]5)ccc4c3)cc2)[nH]1)c1cccs1. The molecule has 0 aliphatic carbocycles. The van der Waals surface area contributed by atoms with Gasteiger partial charge in [0.25, 0.3) is 5.91 Å². The number of likely N-dealkylation sites (tertiary alicyclic amines) is 2. The van der Waals surface area contributed by atoms with Crippen LogP contribution in [0, 0.1) is 0 Å². The summed E-state index contributed by atoms with van der Waals surface area (Å²) in [6.07, 6.45) is 4.83. The molecule has 0 spiro atoms. The van der Waals surface area contributed by atoms with Crippen LogP contribution >= 0.6 is 11.3 Å². The molecule has 2 aliphatic rings. The number of carbonyl (C=O) groups excluding carboxylic acids is 4. The van der Waals surface area contributed by atoms with Crippen molar-refractivity contribution < 1.29 is 33.4 Å². The first-order valence-corrected chi connectivity index (χ1v) is 21.1. The molecule has 5 unspecified atom stereocenters. The molecule has 3 aromatic carbocycles. The van der Waals surface area contributed by atoms with Gasteiger partial charge in [0.05, 0.1) is 56.2 Å².